The minimum atomic E-state index is -1.50. The van der Waals surface area contributed by atoms with Crippen LogP contribution in [0.3, 0.4) is 0 Å². The Bertz CT molecular complexity index is 151. The zero-order valence-corrected chi connectivity index (χ0v) is 11.7. The first-order valence-electron chi connectivity index (χ1n) is 5.76. The first kappa shape index (κ1) is 21.9. The van der Waals surface area contributed by atoms with E-state index < -0.39 is 5.79 Å². The van der Waals surface area contributed by atoms with Crippen molar-refractivity contribution in [2.75, 3.05) is 7.11 Å². The summed E-state index contributed by atoms with van der Waals surface area (Å²) >= 11 is 0. The monoisotopic (exact) mass is 246 g/mol. The Morgan fingerprint density at radius 1 is 1.24 bits per heavy atom. The maximum absolute atomic E-state index is 8.08. The van der Waals surface area contributed by atoms with Crippen LogP contribution >= 0.6 is 0 Å². The SMILES string of the molecule is CC.CC(C)(O)O.CO.[B]C1CC[C@@H](C=C)O1. The highest BCUT2D eigenvalue weighted by Gasteiger charge is 2.17. The Balaban J connectivity index is -0.000000190. The van der Waals surface area contributed by atoms with Crippen molar-refractivity contribution in [3.63, 3.8) is 0 Å². The van der Waals surface area contributed by atoms with Crippen LogP contribution in [0.1, 0.15) is 40.5 Å². The van der Waals surface area contributed by atoms with E-state index in [1.807, 2.05) is 13.8 Å². The topological polar surface area (TPSA) is 69.9 Å². The van der Waals surface area contributed by atoms with Crippen LogP contribution in [0.15, 0.2) is 12.7 Å². The summed E-state index contributed by atoms with van der Waals surface area (Å²) in [5, 5.41) is 23.2. The van der Waals surface area contributed by atoms with Gasteiger partial charge in [0.1, 0.15) is 7.85 Å². The summed E-state index contributed by atoms with van der Waals surface area (Å²) in [5.74, 6) is -1.50. The van der Waals surface area contributed by atoms with Gasteiger partial charge in [-0.05, 0) is 26.7 Å². The van der Waals surface area contributed by atoms with Gasteiger partial charge < -0.3 is 20.1 Å². The zero-order valence-electron chi connectivity index (χ0n) is 11.7. The van der Waals surface area contributed by atoms with E-state index in [-0.39, 0.29) is 12.1 Å². The summed E-state index contributed by atoms with van der Waals surface area (Å²) in [6.45, 7) is 10.2. The lowest BCUT2D eigenvalue weighted by Gasteiger charge is -2.03. The quantitative estimate of drug-likeness (QED) is 0.369. The highest BCUT2D eigenvalue weighted by atomic mass is 16.5. The third-order valence-electron chi connectivity index (χ3n) is 1.35. The van der Waals surface area contributed by atoms with E-state index in [2.05, 4.69) is 6.58 Å². The molecule has 2 atom stereocenters. The lowest BCUT2D eigenvalue weighted by atomic mass is 9.97. The Labute approximate surface area is 107 Å². The third kappa shape index (κ3) is 25.7. The molecule has 0 spiro atoms. The normalized spacial score (nSPS) is 21.9. The predicted octanol–water partition coefficient (Wildman–Crippen LogP) is 1.19. The molecule has 2 radical (unpaired) electrons. The maximum Gasteiger partial charge on any atom is 0.156 e. The molecule has 0 saturated carbocycles. The molecule has 0 aromatic carbocycles. The molecular formula is C12H27BO4. The minimum absolute atomic E-state index is 0.0435. The molecule has 0 bridgehead atoms. The number of hydrogen-bond donors (Lipinski definition) is 3. The van der Waals surface area contributed by atoms with Crippen molar-refractivity contribution >= 4 is 7.85 Å². The van der Waals surface area contributed by atoms with Gasteiger partial charge in [-0.25, -0.2) is 0 Å². The van der Waals surface area contributed by atoms with Crippen LogP contribution in [0.5, 0.6) is 0 Å². The van der Waals surface area contributed by atoms with Gasteiger partial charge in [-0.2, -0.15) is 0 Å². The second kappa shape index (κ2) is 13.7. The Morgan fingerprint density at radius 3 is 1.71 bits per heavy atom. The van der Waals surface area contributed by atoms with Crippen LogP contribution in [0.2, 0.25) is 0 Å². The Morgan fingerprint density at radius 2 is 1.59 bits per heavy atom. The lowest BCUT2D eigenvalue weighted by Crippen LogP contribution is -2.15. The van der Waals surface area contributed by atoms with Crippen molar-refractivity contribution in [1.29, 1.82) is 0 Å². The molecule has 102 valence electrons. The van der Waals surface area contributed by atoms with Crippen molar-refractivity contribution < 1.29 is 20.1 Å². The van der Waals surface area contributed by atoms with Gasteiger partial charge in [0, 0.05) is 13.1 Å². The fourth-order valence-corrected chi connectivity index (χ4v) is 0.863. The largest absolute Gasteiger partial charge is 0.400 e. The van der Waals surface area contributed by atoms with Gasteiger partial charge in [0.05, 0.1) is 6.10 Å². The smallest absolute Gasteiger partial charge is 0.156 e. The molecule has 17 heavy (non-hydrogen) atoms. The summed E-state index contributed by atoms with van der Waals surface area (Å²) < 4.78 is 5.17. The standard InChI is InChI=1S/C6H9BO.C3H8O2.C2H6.CH4O/c1-2-5-3-4-6(7)8-5;1-3(2,4)5;2*1-2/h2,5-6H,1,3-4H2;4-5H,1-2H3;1-2H3;2H,1H3/t5-,6?;;;/m1.../s1. The summed E-state index contributed by atoms with van der Waals surface area (Å²) in [5.41, 5.74) is 0. The van der Waals surface area contributed by atoms with Gasteiger partial charge in [0.15, 0.2) is 5.79 Å². The van der Waals surface area contributed by atoms with E-state index >= 15 is 0 Å². The molecule has 1 unspecified atom stereocenters. The first-order valence-corrected chi connectivity index (χ1v) is 5.76. The predicted molar refractivity (Wildman–Crippen MR) is 71.9 cm³/mol. The van der Waals surface area contributed by atoms with Crippen molar-refractivity contribution in [2.24, 2.45) is 0 Å². The lowest BCUT2D eigenvalue weighted by molar-refractivity contribution is -0.127. The second-order valence-corrected chi connectivity index (χ2v) is 3.52. The van der Waals surface area contributed by atoms with Gasteiger partial charge >= 0.3 is 0 Å². The average molecular weight is 246 g/mol. The van der Waals surface area contributed by atoms with Crippen molar-refractivity contribution in [3.8, 4) is 0 Å². The summed E-state index contributed by atoms with van der Waals surface area (Å²) in [4.78, 5) is 0. The van der Waals surface area contributed by atoms with Gasteiger partial charge in [0.25, 0.3) is 0 Å². The van der Waals surface area contributed by atoms with Crippen LogP contribution in [0, 0.1) is 0 Å². The van der Waals surface area contributed by atoms with E-state index in [4.69, 9.17) is 27.9 Å². The number of rotatable bonds is 1. The van der Waals surface area contributed by atoms with Crippen molar-refractivity contribution in [3.05, 3.63) is 12.7 Å². The van der Waals surface area contributed by atoms with E-state index in [1.54, 1.807) is 6.08 Å². The van der Waals surface area contributed by atoms with Gasteiger partial charge in [-0.1, -0.05) is 19.9 Å². The van der Waals surface area contributed by atoms with E-state index in [0.29, 0.717) is 0 Å². The van der Waals surface area contributed by atoms with Crippen LogP contribution in [0.25, 0.3) is 0 Å². The van der Waals surface area contributed by atoms with E-state index in [9.17, 15) is 0 Å². The maximum atomic E-state index is 8.08. The van der Waals surface area contributed by atoms with Crippen LogP contribution in [-0.4, -0.2) is 48.2 Å². The first-order chi connectivity index (χ1) is 7.83. The molecule has 1 heterocycles. The van der Waals surface area contributed by atoms with Crippen molar-refractivity contribution in [2.45, 2.75) is 58.4 Å². The number of aliphatic hydroxyl groups excluding tert-OH is 1. The Kier molecular flexibility index (Phi) is 17.6. The van der Waals surface area contributed by atoms with Crippen LogP contribution < -0.4 is 0 Å². The molecule has 0 amide bonds. The molecule has 0 aliphatic carbocycles. The molecule has 0 aromatic rings. The van der Waals surface area contributed by atoms with Crippen molar-refractivity contribution in [1.82, 2.24) is 0 Å². The molecule has 1 saturated heterocycles. The van der Waals surface area contributed by atoms with Gasteiger partial charge in [-0.3, -0.25) is 0 Å². The molecule has 1 aliphatic rings. The molecule has 1 aliphatic heterocycles. The summed E-state index contributed by atoms with van der Waals surface area (Å²) in [6.07, 6.45) is 4.01. The van der Waals surface area contributed by atoms with Crippen LogP contribution in [0.4, 0.5) is 0 Å². The van der Waals surface area contributed by atoms with Gasteiger partial charge in [0.2, 0.25) is 0 Å². The fraction of sp³-hybridized carbons (Fsp3) is 0.833. The average Bonchev–Trinajstić information content (AvgIpc) is 2.68. The van der Waals surface area contributed by atoms with Gasteiger partial charge in [-0.15, -0.1) is 6.58 Å². The zero-order chi connectivity index (χ0) is 14.5. The molecule has 1 fully saturated rings. The molecule has 5 heteroatoms. The fourth-order valence-electron chi connectivity index (χ4n) is 0.863. The second-order valence-electron chi connectivity index (χ2n) is 3.52. The summed E-state index contributed by atoms with van der Waals surface area (Å²) in [6, 6.07) is -0.0435. The highest BCUT2D eigenvalue weighted by Crippen LogP contribution is 2.17. The molecule has 0 aromatic heterocycles. The Hall–Kier alpha value is -0.355. The number of aliphatic hydroxyl groups is 3. The molecule has 1 rings (SSSR count). The summed E-state index contributed by atoms with van der Waals surface area (Å²) in [7, 11) is 6.43. The number of ether oxygens (including phenoxy) is 1. The van der Waals surface area contributed by atoms with E-state index in [0.717, 1.165) is 20.0 Å². The highest BCUT2D eigenvalue weighted by molar-refractivity contribution is 6.11. The molecule has 3 N–H and O–H groups in total. The number of hydrogen-bond acceptors (Lipinski definition) is 4. The molecular weight excluding hydrogens is 219 g/mol. The molecule has 4 nitrogen and oxygen atoms in total. The van der Waals surface area contributed by atoms with E-state index in [1.165, 1.54) is 13.8 Å². The minimum Gasteiger partial charge on any atom is -0.400 e. The van der Waals surface area contributed by atoms with Crippen LogP contribution in [-0.2, 0) is 4.74 Å². The third-order valence-corrected chi connectivity index (χ3v) is 1.35.